The number of benzene rings is 1. The lowest BCUT2D eigenvalue weighted by molar-refractivity contribution is 0.249. The number of amides is 2. The van der Waals surface area contributed by atoms with Crippen LogP contribution in [0.15, 0.2) is 23.3 Å². The number of nitrogens with two attached hydrogens (primary N) is 1. The molecule has 0 aliphatic rings. The van der Waals surface area contributed by atoms with Gasteiger partial charge in [0.2, 0.25) is 0 Å². The third-order valence-corrected chi connectivity index (χ3v) is 2.25. The fourth-order valence-corrected chi connectivity index (χ4v) is 1.49. The minimum absolute atomic E-state index is 0.147. The number of carbonyl (C=O) groups is 1. The summed E-state index contributed by atoms with van der Waals surface area (Å²) >= 11 is 0. The molecule has 1 aromatic rings. The lowest BCUT2D eigenvalue weighted by Crippen LogP contribution is -2.26. The smallest absolute Gasteiger partial charge is 0.332 e. The first-order valence-corrected chi connectivity index (χ1v) is 5.46. The van der Waals surface area contributed by atoms with Gasteiger partial charge in [-0.25, -0.2) is 10.2 Å². The van der Waals surface area contributed by atoms with Crippen LogP contribution in [0.4, 0.5) is 4.79 Å². The largest absolute Gasteiger partial charge is 0.507 e. The van der Waals surface area contributed by atoms with Crippen molar-refractivity contribution >= 4 is 11.7 Å². The highest BCUT2D eigenvalue weighted by molar-refractivity contribution is 6.03. The number of aryl methyl sites for hydroxylation is 1. The molecule has 0 fully saturated rings. The molecule has 0 heterocycles. The van der Waals surface area contributed by atoms with E-state index in [4.69, 9.17) is 5.73 Å². The van der Waals surface area contributed by atoms with Crippen LogP contribution in [0.2, 0.25) is 0 Å². The number of nitrogens with one attached hydrogen (secondary N) is 1. The van der Waals surface area contributed by atoms with Crippen LogP contribution in [-0.4, -0.2) is 16.8 Å². The second-order valence-electron chi connectivity index (χ2n) is 3.81. The Kier molecular flexibility index (Phi) is 4.51. The molecule has 0 bridgehead atoms. The maximum atomic E-state index is 10.6. The van der Waals surface area contributed by atoms with Gasteiger partial charge in [0.15, 0.2) is 0 Å². The summed E-state index contributed by atoms with van der Waals surface area (Å²) in [6.07, 6.45) is 1.50. The van der Waals surface area contributed by atoms with Gasteiger partial charge in [0.25, 0.3) is 0 Å². The number of aromatic hydroxyl groups is 1. The van der Waals surface area contributed by atoms with Crippen molar-refractivity contribution in [2.75, 3.05) is 0 Å². The number of phenols is 1. The molecule has 0 saturated heterocycles. The molecule has 0 spiro atoms. The highest BCUT2D eigenvalue weighted by atomic mass is 16.3. The predicted molar refractivity (Wildman–Crippen MR) is 67.0 cm³/mol. The molecule has 2 amide bonds. The van der Waals surface area contributed by atoms with E-state index in [9.17, 15) is 9.90 Å². The fraction of sp³-hybridized carbons (Fsp3) is 0.333. The van der Waals surface area contributed by atoms with Gasteiger partial charge in [0.05, 0.1) is 5.71 Å². The molecular formula is C12H17N3O2. The Morgan fingerprint density at radius 3 is 2.82 bits per heavy atom. The minimum atomic E-state index is -0.717. The van der Waals surface area contributed by atoms with E-state index in [2.05, 4.69) is 10.5 Å². The summed E-state index contributed by atoms with van der Waals surface area (Å²) in [5, 5.41) is 13.7. The van der Waals surface area contributed by atoms with E-state index in [0.717, 1.165) is 12.0 Å². The van der Waals surface area contributed by atoms with Crippen molar-refractivity contribution in [3.63, 3.8) is 0 Å². The van der Waals surface area contributed by atoms with Gasteiger partial charge in [-0.15, -0.1) is 0 Å². The number of urea groups is 1. The minimum Gasteiger partial charge on any atom is -0.507 e. The van der Waals surface area contributed by atoms with Crippen LogP contribution in [0.5, 0.6) is 5.75 Å². The highest BCUT2D eigenvalue weighted by Gasteiger charge is 2.09. The third kappa shape index (κ3) is 3.79. The molecule has 1 rings (SSSR count). The molecule has 5 heteroatoms. The Labute approximate surface area is 100 Å². The van der Waals surface area contributed by atoms with Crippen molar-refractivity contribution in [3.8, 4) is 5.75 Å². The maximum absolute atomic E-state index is 10.6. The van der Waals surface area contributed by atoms with Crippen molar-refractivity contribution < 1.29 is 9.90 Å². The molecule has 0 saturated carbocycles. The van der Waals surface area contributed by atoms with Crippen LogP contribution in [-0.2, 0) is 0 Å². The molecule has 5 nitrogen and oxygen atoms in total. The van der Waals surface area contributed by atoms with Crippen LogP contribution in [0.25, 0.3) is 0 Å². The summed E-state index contributed by atoms with van der Waals surface area (Å²) in [4.78, 5) is 10.6. The number of hydrogen-bond acceptors (Lipinski definition) is 3. The predicted octanol–water partition coefficient (Wildman–Crippen LogP) is 1.87. The second-order valence-corrected chi connectivity index (χ2v) is 3.81. The summed E-state index contributed by atoms with van der Waals surface area (Å²) in [5.41, 5.74) is 9.41. The molecule has 92 valence electrons. The second kappa shape index (κ2) is 5.89. The van der Waals surface area contributed by atoms with Crippen LogP contribution in [0, 0.1) is 6.92 Å². The van der Waals surface area contributed by atoms with Crippen LogP contribution < -0.4 is 11.2 Å². The van der Waals surface area contributed by atoms with E-state index in [0.29, 0.717) is 17.7 Å². The normalized spacial score (nSPS) is 11.3. The molecule has 0 unspecified atom stereocenters. The Bertz CT molecular complexity index is 441. The Hall–Kier alpha value is -2.04. The maximum Gasteiger partial charge on any atom is 0.332 e. The molecule has 0 aromatic heterocycles. The van der Waals surface area contributed by atoms with Crippen LogP contribution in [0.1, 0.15) is 30.9 Å². The monoisotopic (exact) mass is 235 g/mol. The zero-order chi connectivity index (χ0) is 12.8. The van der Waals surface area contributed by atoms with Crippen molar-refractivity contribution in [2.45, 2.75) is 26.7 Å². The van der Waals surface area contributed by atoms with Gasteiger partial charge in [-0.05, 0) is 25.5 Å². The van der Waals surface area contributed by atoms with E-state index < -0.39 is 6.03 Å². The number of hydrogen-bond donors (Lipinski definition) is 3. The van der Waals surface area contributed by atoms with Gasteiger partial charge in [0.1, 0.15) is 5.75 Å². The van der Waals surface area contributed by atoms with E-state index >= 15 is 0 Å². The van der Waals surface area contributed by atoms with E-state index in [1.807, 2.05) is 26.0 Å². The number of hydrazone groups is 1. The quantitative estimate of drug-likeness (QED) is 0.549. The third-order valence-electron chi connectivity index (χ3n) is 2.25. The van der Waals surface area contributed by atoms with Gasteiger partial charge in [-0.3, -0.25) is 0 Å². The highest BCUT2D eigenvalue weighted by Crippen LogP contribution is 2.20. The van der Waals surface area contributed by atoms with Crippen molar-refractivity contribution in [3.05, 3.63) is 29.3 Å². The summed E-state index contributed by atoms with van der Waals surface area (Å²) in [5.74, 6) is 0.147. The summed E-state index contributed by atoms with van der Waals surface area (Å²) < 4.78 is 0. The summed E-state index contributed by atoms with van der Waals surface area (Å²) in [6.45, 7) is 3.92. The van der Waals surface area contributed by atoms with Gasteiger partial charge in [-0.1, -0.05) is 25.0 Å². The average molecular weight is 235 g/mol. The lowest BCUT2D eigenvalue weighted by Gasteiger charge is -2.08. The Balaban J connectivity index is 3.08. The van der Waals surface area contributed by atoms with Gasteiger partial charge in [0, 0.05) is 5.56 Å². The topological polar surface area (TPSA) is 87.7 Å². The fourth-order valence-electron chi connectivity index (χ4n) is 1.49. The average Bonchev–Trinajstić information content (AvgIpc) is 2.27. The van der Waals surface area contributed by atoms with Crippen molar-refractivity contribution in [2.24, 2.45) is 10.8 Å². The SMILES string of the molecule is CCC/C(=N/NC(N)=O)c1cc(C)ccc1O. The molecule has 17 heavy (non-hydrogen) atoms. The first-order chi connectivity index (χ1) is 8.04. The number of rotatable bonds is 4. The van der Waals surface area contributed by atoms with Gasteiger partial charge >= 0.3 is 6.03 Å². The van der Waals surface area contributed by atoms with Crippen LogP contribution in [0.3, 0.4) is 0 Å². The summed E-state index contributed by atoms with van der Waals surface area (Å²) in [6, 6.07) is 4.53. The Morgan fingerprint density at radius 2 is 2.24 bits per heavy atom. The standard InChI is InChI=1S/C12H17N3O2/c1-3-4-10(14-15-12(13)17)9-7-8(2)5-6-11(9)16/h5-7,16H,3-4H2,1-2H3,(H3,13,15,17)/b14-10-. The first kappa shape index (κ1) is 13.0. The Morgan fingerprint density at radius 1 is 1.53 bits per heavy atom. The molecule has 0 aliphatic heterocycles. The molecule has 4 N–H and O–H groups in total. The zero-order valence-corrected chi connectivity index (χ0v) is 10.0. The first-order valence-electron chi connectivity index (χ1n) is 5.46. The number of carbonyl (C=O) groups excluding carboxylic acids is 1. The van der Waals surface area contributed by atoms with Gasteiger partial charge in [-0.2, -0.15) is 5.10 Å². The van der Waals surface area contributed by atoms with E-state index in [-0.39, 0.29) is 5.75 Å². The number of primary amides is 1. The van der Waals surface area contributed by atoms with Crippen LogP contribution >= 0.6 is 0 Å². The molecule has 0 atom stereocenters. The lowest BCUT2D eigenvalue weighted by atomic mass is 10.0. The number of nitrogens with zero attached hydrogens (tertiary/aromatic N) is 1. The molecule has 0 radical (unpaired) electrons. The van der Waals surface area contributed by atoms with Crippen molar-refractivity contribution in [1.82, 2.24) is 5.43 Å². The van der Waals surface area contributed by atoms with Crippen molar-refractivity contribution in [1.29, 1.82) is 0 Å². The summed E-state index contributed by atoms with van der Waals surface area (Å²) in [7, 11) is 0. The molecular weight excluding hydrogens is 218 g/mol. The van der Waals surface area contributed by atoms with E-state index in [1.54, 1.807) is 6.07 Å². The molecule has 1 aromatic carbocycles. The molecule has 0 aliphatic carbocycles. The van der Waals surface area contributed by atoms with Gasteiger partial charge < -0.3 is 10.8 Å². The van der Waals surface area contributed by atoms with E-state index in [1.165, 1.54) is 0 Å². The zero-order valence-electron chi connectivity index (χ0n) is 10.0. The number of phenolic OH excluding ortho intramolecular Hbond substituents is 1.